The number of benzene rings is 1. The van der Waals surface area contributed by atoms with Crippen LogP contribution in [-0.2, 0) is 14.8 Å². The molecule has 31 heavy (non-hydrogen) atoms. The van der Waals surface area contributed by atoms with Gasteiger partial charge in [-0.1, -0.05) is 12.1 Å². The molecule has 0 aliphatic carbocycles. The molecule has 1 saturated heterocycles. The van der Waals surface area contributed by atoms with E-state index in [4.69, 9.17) is 9.47 Å². The predicted molar refractivity (Wildman–Crippen MR) is 121 cm³/mol. The Morgan fingerprint density at radius 1 is 1.23 bits per heavy atom. The van der Waals surface area contributed by atoms with Crippen molar-refractivity contribution in [1.29, 1.82) is 0 Å². The van der Waals surface area contributed by atoms with E-state index in [1.807, 2.05) is 39.0 Å². The molecule has 1 aromatic heterocycles. The van der Waals surface area contributed by atoms with E-state index in [1.165, 1.54) is 15.6 Å². The maximum absolute atomic E-state index is 12.9. The summed E-state index contributed by atoms with van der Waals surface area (Å²) in [6.45, 7) is 7.43. The summed E-state index contributed by atoms with van der Waals surface area (Å²) in [5.41, 5.74) is 0.902. The Morgan fingerprint density at radius 3 is 2.65 bits per heavy atom. The van der Waals surface area contributed by atoms with Crippen molar-refractivity contribution in [2.24, 2.45) is 5.92 Å². The SMILES string of the molecule is CCOc1ccc(C(C)NC(=O)C2CCCN(S(=O)(=O)c3cccs3)C2)cc1OCC. The maximum atomic E-state index is 12.9. The monoisotopic (exact) mass is 466 g/mol. The zero-order valence-electron chi connectivity index (χ0n) is 18.2. The molecule has 3 rings (SSSR count). The van der Waals surface area contributed by atoms with Crippen molar-refractivity contribution in [1.82, 2.24) is 9.62 Å². The van der Waals surface area contributed by atoms with Gasteiger partial charge in [-0.3, -0.25) is 4.79 Å². The van der Waals surface area contributed by atoms with E-state index in [9.17, 15) is 13.2 Å². The Hall–Kier alpha value is -2.10. The average molecular weight is 467 g/mol. The first-order valence-electron chi connectivity index (χ1n) is 10.6. The molecular weight excluding hydrogens is 436 g/mol. The molecule has 1 amide bonds. The number of ether oxygens (including phenoxy) is 2. The highest BCUT2D eigenvalue weighted by molar-refractivity contribution is 7.91. The topological polar surface area (TPSA) is 84.9 Å². The van der Waals surface area contributed by atoms with Crippen molar-refractivity contribution in [3.63, 3.8) is 0 Å². The van der Waals surface area contributed by atoms with Crippen LogP contribution in [0.15, 0.2) is 39.9 Å². The van der Waals surface area contributed by atoms with Crippen LogP contribution in [0.2, 0.25) is 0 Å². The van der Waals surface area contributed by atoms with E-state index in [2.05, 4.69) is 5.32 Å². The number of amides is 1. The van der Waals surface area contributed by atoms with Gasteiger partial charge in [-0.2, -0.15) is 4.31 Å². The molecule has 2 aromatic rings. The van der Waals surface area contributed by atoms with E-state index in [0.717, 1.165) is 5.56 Å². The van der Waals surface area contributed by atoms with Crippen molar-refractivity contribution in [2.75, 3.05) is 26.3 Å². The highest BCUT2D eigenvalue weighted by Gasteiger charge is 2.34. The van der Waals surface area contributed by atoms with Gasteiger partial charge in [0.05, 0.1) is 25.2 Å². The molecule has 170 valence electrons. The quantitative estimate of drug-likeness (QED) is 0.607. The summed E-state index contributed by atoms with van der Waals surface area (Å²) in [7, 11) is -3.55. The largest absolute Gasteiger partial charge is 0.490 e. The molecule has 2 unspecified atom stereocenters. The Kier molecular flexibility index (Phi) is 7.96. The lowest BCUT2D eigenvalue weighted by Crippen LogP contribution is -2.45. The number of carbonyl (C=O) groups is 1. The minimum absolute atomic E-state index is 0.134. The molecule has 0 saturated carbocycles. The lowest BCUT2D eigenvalue weighted by Gasteiger charge is -2.31. The van der Waals surface area contributed by atoms with Gasteiger partial charge in [0.15, 0.2) is 11.5 Å². The lowest BCUT2D eigenvalue weighted by molar-refractivity contribution is -0.126. The number of nitrogens with one attached hydrogen (secondary N) is 1. The van der Waals surface area contributed by atoms with Crippen LogP contribution in [0.25, 0.3) is 0 Å². The van der Waals surface area contributed by atoms with Gasteiger partial charge in [0.2, 0.25) is 5.91 Å². The molecule has 7 nitrogen and oxygen atoms in total. The number of nitrogens with zero attached hydrogens (tertiary/aromatic N) is 1. The Bertz CT molecular complexity index is 976. The predicted octanol–water partition coefficient (Wildman–Crippen LogP) is 3.82. The summed E-state index contributed by atoms with van der Waals surface area (Å²) < 4.78 is 38.7. The van der Waals surface area contributed by atoms with E-state index in [-0.39, 0.29) is 24.4 Å². The molecule has 1 aliphatic rings. The number of sulfonamides is 1. The van der Waals surface area contributed by atoms with E-state index >= 15 is 0 Å². The van der Waals surface area contributed by atoms with Crippen LogP contribution in [-0.4, -0.2) is 44.9 Å². The molecule has 0 radical (unpaired) electrons. The van der Waals surface area contributed by atoms with E-state index in [0.29, 0.717) is 48.3 Å². The fraction of sp³-hybridized carbons (Fsp3) is 0.500. The van der Waals surface area contributed by atoms with Crippen LogP contribution in [0.5, 0.6) is 11.5 Å². The van der Waals surface area contributed by atoms with Crippen molar-refractivity contribution in [3.8, 4) is 11.5 Å². The van der Waals surface area contributed by atoms with Gasteiger partial charge < -0.3 is 14.8 Å². The van der Waals surface area contributed by atoms with Crippen LogP contribution in [0.3, 0.4) is 0 Å². The zero-order chi connectivity index (χ0) is 22.4. The third-order valence-electron chi connectivity index (χ3n) is 5.27. The van der Waals surface area contributed by atoms with Crippen molar-refractivity contribution in [2.45, 2.75) is 43.9 Å². The standard InChI is InChI=1S/C22H30N2O5S2/c1-4-28-19-11-10-17(14-20(19)29-5-2)16(3)23-22(25)18-8-6-12-24(15-18)31(26,27)21-9-7-13-30-21/h7,9-11,13-14,16,18H,4-6,8,12,15H2,1-3H3,(H,23,25). The number of hydrogen-bond donors (Lipinski definition) is 1. The summed E-state index contributed by atoms with van der Waals surface area (Å²) in [5.74, 6) is 0.813. The van der Waals surface area contributed by atoms with Gasteiger partial charge >= 0.3 is 0 Å². The van der Waals surface area contributed by atoms with Gasteiger partial charge in [-0.25, -0.2) is 8.42 Å². The highest BCUT2D eigenvalue weighted by atomic mass is 32.2. The van der Waals surface area contributed by atoms with Gasteiger partial charge in [0.1, 0.15) is 4.21 Å². The Balaban J connectivity index is 1.67. The Labute approximate surface area is 188 Å². The number of piperidine rings is 1. The van der Waals surface area contributed by atoms with Crippen molar-refractivity contribution in [3.05, 3.63) is 41.3 Å². The third kappa shape index (κ3) is 5.58. The maximum Gasteiger partial charge on any atom is 0.252 e. The molecule has 2 heterocycles. The second kappa shape index (κ2) is 10.5. The van der Waals surface area contributed by atoms with Gasteiger partial charge in [-0.15, -0.1) is 11.3 Å². The molecule has 2 atom stereocenters. The van der Waals surface area contributed by atoms with Gasteiger partial charge in [-0.05, 0) is 62.8 Å². The summed E-state index contributed by atoms with van der Waals surface area (Å²) >= 11 is 1.20. The molecule has 0 bridgehead atoms. The first-order chi connectivity index (χ1) is 14.9. The number of carbonyl (C=O) groups excluding carboxylic acids is 1. The van der Waals surface area contributed by atoms with Crippen LogP contribution < -0.4 is 14.8 Å². The molecule has 1 aliphatic heterocycles. The Morgan fingerprint density at radius 2 is 1.97 bits per heavy atom. The molecule has 0 spiro atoms. The number of rotatable bonds is 9. The van der Waals surface area contributed by atoms with Crippen LogP contribution in [0, 0.1) is 5.92 Å². The molecule has 1 aromatic carbocycles. The number of thiophene rings is 1. The van der Waals surface area contributed by atoms with Crippen molar-refractivity contribution >= 4 is 27.3 Å². The van der Waals surface area contributed by atoms with Gasteiger partial charge in [0, 0.05) is 13.1 Å². The van der Waals surface area contributed by atoms with Crippen LogP contribution in [0.1, 0.15) is 45.2 Å². The van der Waals surface area contributed by atoms with Crippen molar-refractivity contribution < 1.29 is 22.7 Å². The summed E-state index contributed by atoms with van der Waals surface area (Å²) in [6.07, 6.45) is 1.33. The third-order valence-corrected chi connectivity index (χ3v) is 8.51. The molecule has 9 heteroatoms. The van der Waals surface area contributed by atoms with Gasteiger partial charge in [0.25, 0.3) is 10.0 Å². The molecular formula is C22H30N2O5S2. The van der Waals surface area contributed by atoms with E-state index in [1.54, 1.807) is 17.5 Å². The zero-order valence-corrected chi connectivity index (χ0v) is 19.8. The average Bonchev–Trinajstić information content (AvgIpc) is 3.31. The molecule has 1 N–H and O–H groups in total. The highest BCUT2D eigenvalue weighted by Crippen LogP contribution is 2.31. The van der Waals surface area contributed by atoms with Crippen LogP contribution in [0.4, 0.5) is 0 Å². The van der Waals surface area contributed by atoms with Crippen LogP contribution >= 0.6 is 11.3 Å². The smallest absolute Gasteiger partial charge is 0.252 e. The second-order valence-corrected chi connectivity index (χ2v) is 10.5. The number of hydrogen-bond acceptors (Lipinski definition) is 6. The fourth-order valence-corrected chi connectivity index (χ4v) is 6.33. The second-order valence-electron chi connectivity index (χ2n) is 7.44. The first-order valence-corrected chi connectivity index (χ1v) is 12.9. The summed E-state index contributed by atoms with van der Waals surface area (Å²) in [5, 5.41) is 4.79. The minimum atomic E-state index is -3.55. The first kappa shape index (κ1) is 23.6. The van der Waals surface area contributed by atoms with E-state index < -0.39 is 10.0 Å². The normalized spacial score (nSPS) is 18.4. The summed E-state index contributed by atoms with van der Waals surface area (Å²) in [4.78, 5) is 12.9. The minimum Gasteiger partial charge on any atom is -0.490 e. The lowest BCUT2D eigenvalue weighted by atomic mass is 9.98. The molecule has 1 fully saturated rings. The fourth-order valence-electron chi connectivity index (χ4n) is 3.66. The summed E-state index contributed by atoms with van der Waals surface area (Å²) in [6, 6.07) is 8.73.